The number of aliphatic hydroxyl groups is 5. The third kappa shape index (κ3) is 5.24. The fraction of sp³-hybridized carbons (Fsp3) is 0.333. The van der Waals surface area contributed by atoms with Crippen LogP contribution in [0.1, 0.15) is 11.7 Å². The maximum Gasteiger partial charge on any atom is 0.159 e. The Balaban J connectivity index is 2.01. The number of aliphatic hydroxyl groups excluding tert-OH is 5. The van der Waals surface area contributed by atoms with Gasteiger partial charge in [-0.3, -0.25) is 0 Å². The number of benzene rings is 2. The van der Waals surface area contributed by atoms with Crippen LogP contribution < -0.4 is 10.1 Å². The number of nitrogens with one attached hydrogen (secondary N) is 1. The number of anilines is 2. The van der Waals surface area contributed by atoms with Crippen LogP contribution >= 0.6 is 15.9 Å². The van der Waals surface area contributed by atoms with Crippen molar-refractivity contribution in [3.63, 3.8) is 0 Å². The number of methoxy groups -OCH3 is 1. The second-order valence-corrected chi connectivity index (χ2v) is 8.18. The fourth-order valence-electron chi connectivity index (χ4n) is 3.27. The number of hydrogen-bond acceptors (Lipinski definition) is 9. The third-order valence-corrected chi connectivity index (χ3v) is 5.74. The summed E-state index contributed by atoms with van der Waals surface area (Å²) >= 11 is 3.07. The maximum absolute atomic E-state index is 14.8. The van der Waals surface area contributed by atoms with E-state index in [-0.39, 0.29) is 38.2 Å². The fourth-order valence-corrected chi connectivity index (χ4v) is 3.78. The molecule has 184 valence electrons. The highest BCUT2D eigenvalue weighted by atomic mass is 79.9. The van der Waals surface area contributed by atoms with E-state index in [1.165, 1.54) is 19.2 Å². The highest BCUT2D eigenvalue weighted by molar-refractivity contribution is 9.10. The molecule has 1 aromatic heterocycles. The topological polar surface area (TPSA) is 148 Å². The minimum Gasteiger partial charge on any atom is -0.496 e. The van der Waals surface area contributed by atoms with Gasteiger partial charge in [0.25, 0.3) is 0 Å². The van der Waals surface area contributed by atoms with Gasteiger partial charge in [0.2, 0.25) is 0 Å². The quantitative estimate of drug-likeness (QED) is 0.236. The predicted octanol–water partition coefficient (Wildman–Crippen LogP) is 1.87. The van der Waals surface area contributed by atoms with Crippen molar-refractivity contribution >= 4 is 38.3 Å². The molecule has 0 aliphatic rings. The molecule has 0 saturated carbocycles. The second-order valence-electron chi connectivity index (χ2n) is 7.32. The Morgan fingerprint density at radius 2 is 1.76 bits per heavy atom. The van der Waals surface area contributed by atoms with E-state index in [1.807, 2.05) is 0 Å². The largest absolute Gasteiger partial charge is 0.496 e. The molecular formula is C21H21BrF3N3O6. The first-order valence-corrected chi connectivity index (χ1v) is 10.6. The lowest BCUT2D eigenvalue weighted by atomic mass is 9.95. The van der Waals surface area contributed by atoms with E-state index in [0.29, 0.717) is 6.07 Å². The molecule has 0 bridgehead atoms. The normalized spacial score (nSPS) is 16.1. The monoisotopic (exact) mass is 547 g/mol. The van der Waals surface area contributed by atoms with Crippen molar-refractivity contribution in [2.75, 3.05) is 19.0 Å². The Kier molecular flexibility index (Phi) is 8.28. The maximum atomic E-state index is 14.8. The highest BCUT2D eigenvalue weighted by Gasteiger charge is 2.37. The minimum atomic E-state index is -2.48. The summed E-state index contributed by atoms with van der Waals surface area (Å²) in [6, 6.07) is 4.32. The molecule has 0 spiro atoms. The highest BCUT2D eigenvalue weighted by Crippen LogP contribution is 2.37. The van der Waals surface area contributed by atoms with Gasteiger partial charge < -0.3 is 35.6 Å². The van der Waals surface area contributed by atoms with Gasteiger partial charge in [-0.2, -0.15) is 0 Å². The number of rotatable bonds is 9. The second kappa shape index (κ2) is 10.8. The lowest BCUT2D eigenvalue weighted by molar-refractivity contribution is -0.119. The van der Waals surface area contributed by atoms with Crippen LogP contribution in [0.25, 0.3) is 10.9 Å². The number of nitrogens with zero attached hydrogens (tertiary/aromatic N) is 2. The minimum absolute atomic E-state index is 0.0523. The number of aromatic nitrogens is 2. The summed E-state index contributed by atoms with van der Waals surface area (Å²) in [5, 5.41) is 51.6. The van der Waals surface area contributed by atoms with Crippen molar-refractivity contribution in [2.45, 2.75) is 30.6 Å². The van der Waals surface area contributed by atoms with Crippen LogP contribution in [-0.4, -0.2) is 73.7 Å². The zero-order valence-corrected chi connectivity index (χ0v) is 19.1. The van der Waals surface area contributed by atoms with Gasteiger partial charge in [0.1, 0.15) is 48.1 Å². The Morgan fingerprint density at radius 3 is 2.38 bits per heavy atom. The van der Waals surface area contributed by atoms with Crippen molar-refractivity contribution in [2.24, 2.45) is 0 Å². The lowest BCUT2D eigenvalue weighted by Gasteiger charge is -2.27. The van der Waals surface area contributed by atoms with Gasteiger partial charge in [-0.15, -0.1) is 0 Å². The summed E-state index contributed by atoms with van der Waals surface area (Å²) in [5.41, 5.74) is -0.0810. The van der Waals surface area contributed by atoms with Crippen LogP contribution in [0.2, 0.25) is 0 Å². The number of fused-ring (bicyclic) bond motifs is 1. The number of alkyl halides is 1. The molecule has 0 aliphatic carbocycles. The van der Waals surface area contributed by atoms with Crippen molar-refractivity contribution < 1.29 is 43.4 Å². The molecule has 0 fully saturated rings. The van der Waals surface area contributed by atoms with Crippen molar-refractivity contribution in [1.82, 2.24) is 9.97 Å². The standard InChI is InChI=1S/C21H21BrF3N3O6/c1-34-15-5-9-13(4-10(15)18(31)16(25)20(33)19(32)14(30)6-29)26-7-27-21(9)28-17-11(22)2-8(23)3-12(17)24/h2-5,7,14,16,18-20,29-33H,6H2,1H3,(H,26,27,28)/t14-,16-,18?,19+,20+/m1/s1. The van der Waals surface area contributed by atoms with Crippen LogP contribution in [0.5, 0.6) is 5.75 Å². The summed E-state index contributed by atoms with van der Waals surface area (Å²) in [6.07, 6.45) is -9.52. The van der Waals surface area contributed by atoms with Crippen LogP contribution in [0.3, 0.4) is 0 Å². The third-order valence-electron chi connectivity index (χ3n) is 5.11. The van der Waals surface area contributed by atoms with Gasteiger partial charge in [-0.1, -0.05) is 0 Å². The molecule has 1 unspecified atom stereocenters. The van der Waals surface area contributed by atoms with Crippen LogP contribution in [0, 0.1) is 11.6 Å². The molecule has 3 rings (SSSR count). The van der Waals surface area contributed by atoms with Gasteiger partial charge in [0, 0.05) is 21.5 Å². The average molecular weight is 548 g/mol. The van der Waals surface area contributed by atoms with Crippen LogP contribution in [0.15, 0.2) is 35.1 Å². The van der Waals surface area contributed by atoms with E-state index in [0.717, 1.165) is 12.4 Å². The Hall–Kier alpha value is -2.55. The SMILES string of the molecule is COc1cc2c(Nc3c(F)cc(F)cc3Br)ncnc2cc1C(O)[C@@H](F)[C@H](O)[C@@H](O)[C@H](O)CO. The molecule has 6 N–H and O–H groups in total. The van der Waals surface area contributed by atoms with E-state index in [9.17, 15) is 33.6 Å². The first-order chi connectivity index (χ1) is 16.1. The lowest BCUT2D eigenvalue weighted by Crippen LogP contribution is -2.46. The Bertz CT molecular complexity index is 1150. The van der Waals surface area contributed by atoms with E-state index in [1.54, 1.807) is 0 Å². The van der Waals surface area contributed by atoms with Crippen molar-refractivity contribution in [1.29, 1.82) is 0 Å². The molecule has 1 heterocycles. The molecule has 2 aromatic carbocycles. The molecule has 5 atom stereocenters. The van der Waals surface area contributed by atoms with Crippen LogP contribution in [-0.2, 0) is 0 Å². The molecule has 9 nitrogen and oxygen atoms in total. The molecular weight excluding hydrogens is 527 g/mol. The summed E-state index contributed by atoms with van der Waals surface area (Å²) in [6.45, 7) is -0.933. The van der Waals surface area contributed by atoms with Gasteiger partial charge >= 0.3 is 0 Å². The molecule has 13 heteroatoms. The molecule has 0 radical (unpaired) electrons. The summed E-state index contributed by atoms with van der Waals surface area (Å²) in [4.78, 5) is 8.10. The van der Waals surface area contributed by atoms with E-state index in [4.69, 9.17) is 9.84 Å². The zero-order valence-electron chi connectivity index (χ0n) is 17.5. The summed E-state index contributed by atoms with van der Waals surface area (Å²) in [7, 11) is 1.23. The van der Waals surface area contributed by atoms with Gasteiger partial charge in [0.05, 0.1) is 24.9 Å². The van der Waals surface area contributed by atoms with Crippen molar-refractivity contribution in [3.8, 4) is 5.75 Å². The van der Waals surface area contributed by atoms with Crippen molar-refractivity contribution in [3.05, 3.63) is 52.3 Å². The number of halogens is 4. The average Bonchev–Trinajstić information content (AvgIpc) is 2.82. The Labute approximate surface area is 199 Å². The van der Waals surface area contributed by atoms with E-state index < -0.39 is 48.8 Å². The smallest absolute Gasteiger partial charge is 0.159 e. The van der Waals surface area contributed by atoms with E-state index in [2.05, 4.69) is 31.2 Å². The van der Waals surface area contributed by atoms with Crippen LogP contribution in [0.4, 0.5) is 24.7 Å². The molecule has 3 aromatic rings. The molecule has 0 amide bonds. The Morgan fingerprint density at radius 1 is 1.06 bits per heavy atom. The summed E-state index contributed by atoms with van der Waals surface area (Å²) in [5.74, 6) is -1.64. The van der Waals surface area contributed by atoms with Gasteiger partial charge in [0.15, 0.2) is 12.0 Å². The van der Waals surface area contributed by atoms with Gasteiger partial charge in [-0.05, 0) is 34.1 Å². The predicted molar refractivity (Wildman–Crippen MR) is 118 cm³/mol. The molecule has 0 saturated heterocycles. The summed E-state index contributed by atoms with van der Waals surface area (Å²) < 4.78 is 47.8. The number of hydrogen-bond donors (Lipinski definition) is 6. The zero-order chi connectivity index (χ0) is 25.2. The molecule has 34 heavy (non-hydrogen) atoms. The first-order valence-electron chi connectivity index (χ1n) is 9.80. The molecule has 0 aliphatic heterocycles. The van der Waals surface area contributed by atoms with Gasteiger partial charge in [-0.25, -0.2) is 23.1 Å². The number of ether oxygens (including phenoxy) is 1. The first kappa shape index (κ1) is 26.1. The van der Waals surface area contributed by atoms with E-state index >= 15 is 0 Å².